The second-order valence-electron chi connectivity index (χ2n) is 9.72. The summed E-state index contributed by atoms with van der Waals surface area (Å²) in [4.78, 5) is 17.2. The minimum absolute atomic E-state index is 0.605. The molecule has 2 N–H and O–H groups in total. The van der Waals surface area contributed by atoms with Crippen molar-refractivity contribution in [1.29, 1.82) is 0 Å². The van der Waals surface area contributed by atoms with Crippen LogP contribution in [0.1, 0.15) is 42.1 Å². The summed E-state index contributed by atoms with van der Waals surface area (Å²) in [5.74, 6) is 0.789. The van der Waals surface area contributed by atoms with Gasteiger partial charge in [0.1, 0.15) is 11.5 Å². The number of aryl methyl sites for hydroxylation is 2. The van der Waals surface area contributed by atoms with Crippen molar-refractivity contribution in [3.63, 3.8) is 0 Å². The van der Waals surface area contributed by atoms with Crippen LogP contribution in [0.5, 0.6) is 0 Å². The van der Waals surface area contributed by atoms with Gasteiger partial charge in [0.05, 0.1) is 18.5 Å². The van der Waals surface area contributed by atoms with Crippen molar-refractivity contribution in [3.05, 3.63) is 76.1 Å². The number of hydrogen-bond acceptors (Lipinski definition) is 4. The molecule has 0 spiro atoms. The number of aromatic amines is 2. The highest BCUT2D eigenvalue weighted by molar-refractivity contribution is 6.14. The normalized spacial score (nSPS) is 18.8. The Morgan fingerprint density at radius 1 is 1.09 bits per heavy atom. The lowest BCUT2D eigenvalue weighted by atomic mass is 10.1. The molecule has 0 saturated carbocycles. The van der Waals surface area contributed by atoms with Crippen molar-refractivity contribution >= 4 is 22.7 Å². The third kappa shape index (κ3) is 4.36. The molecule has 2 aromatic heterocycles. The van der Waals surface area contributed by atoms with Crippen LogP contribution >= 0.6 is 0 Å². The van der Waals surface area contributed by atoms with Gasteiger partial charge in [0.2, 0.25) is 0 Å². The Bertz CT molecular complexity index is 1280. The number of aromatic nitrogens is 2. The molecule has 178 valence electrons. The average Bonchev–Trinajstić information content (AvgIpc) is 3.49. The minimum atomic E-state index is 0.605. The van der Waals surface area contributed by atoms with E-state index in [1.165, 1.54) is 16.5 Å². The summed E-state index contributed by atoms with van der Waals surface area (Å²) < 4.78 is 5.73. The lowest BCUT2D eigenvalue weighted by molar-refractivity contribution is 0.104. The SMILES string of the molecule is COC1=CC(c2[nH]c3ccccc3c2CN2CCN(C(C)C)CC2)=N/C1=C\c1[nH]c(C)cc1C. The van der Waals surface area contributed by atoms with Gasteiger partial charge in [0, 0.05) is 72.7 Å². The fraction of sp³-hybridized carbons (Fsp3) is 0.393. The summed E-state index contributed by atoms with van der Waals surface area (Å²) in [6.45, 7) is 14.1. The number of methoxy groups -OCH3 is 1. The molecule has 2 aliphatic heterocycles. The fourth-order valence-corrected chi connectivity index (χ4v) is 5.09. The van der Waals surface area contributed by atoms with E-state index in [2.05, 4.69) is 89.9 Å². The van der Waals surface area contributed by atoms with Gasteiger partial charge in [0.15, 0.2) is 0 Å². The van der Waals surface area contributed by atoms with Gasteiger partial charge >= 0.3 is 0 Å². The molecule has 2 aliphatic rings. The third-order valence-corrected chi connectivity index (χ3v) is 7.04. The number of piperazine rings is 1. The molecule has 0 unspecified atom stereocenters. The predicted molar refractivity (Wildman–Crippen MR) is 140 cm³/mol. The zero-order chi connectivity index (χ0) is 23.8. The number of ether oxygens (including phenoxy) is 1. The standard InChI is InChI=1S/C28H35N5O/c1-18(2)33-12-10-32(11-13-33)17-22-21-8-6-7-9-23(21)31-28(22)26-16-27(34-5)25(30-26)15-24-19(3)14-20(4)29-24/h6-9,14-16,18,29,31H,10-13,17H2,1-5H3/b25-15-. The van der Waals surface area contributed by atoms with E-state index in [0.29, 0.717) is 6.04 Å². The molecular formula is C28H35N5O. The van der Waals surface area contributed by atoms with E-state index in [0.717, 1.165) is 72.5 Å². The van der Waals surface area contributed by atoms with Crippen molar-refractivity contribution < 1.29 is 4.74 Å². The summed E-state index contributed by atoms with van der Waals surface area (Å²) in [5.41, 5.74) is 8.74. The summed E-state index contributed by atoms with van der Waals surface area (Å²) >= 11 is 0. The van der Waals surface area contributed by atoms with E-state index in [9.17, 15) is 0 Å². The van der Waals surface area contributed by atoms with E-state index < -0.39 is 0 Å². The third-order valence-electron chi connectivity index (χ3n) is 7.04. The average molecular weight is 458 g/mol. The number of nitrogens with one attached hydrogen (secondary N) is 2. The van der Waals surface area contributed by atoms with Gasteiger partial charge in [-0.3, -0.25) is 9.80 Å². The number of nitrogens with zero attached hydrogens (tertiary/aromatic N) is 3. The van der Waals surface area contributed by atoms with Crippen LogP contribution in [0.4, 0.5) is 0 Å². The molecule has 0 aliphatic carbocycles. The molecular weight excluding hydrogens is 422 g/mol. The number of H-pyrrole nitrogens is 2. The second-order valence-corrected chi connectivity index (χ2v) is 9.72. The predicted octanol–water partition coefficient (Wildman–Crippen LogP) is 5.01. The molecule has 1 saturated heterocycles. The van der Waals surface area contributed by atoms with Crippen LogP contribution in [-0.2, 0) is 11.3 Å². The number of para-hydroxylation sites is 1. The van der Waals surface area contributed by atoms with E-state index in [1.807, 2.05) is 0 Å². The van der Waals surface area contributed by atoms with Crippen molar-refractivity contribution in [1.82, 2.24) is 19.8 Å². The van der Waals surface area contributed by atoms with E-state index in [-0.39, 0.29) is 0 Å². The van der Waals surface area contributed by atoms with E-state index in [4.69, 9.17) is 9.73 Å². The number of rotatable bonds is 6. The van der Waals surface area contributed by atoms with Crippen LogP contribution < -0.4 is 0 Å². The van der Waals surface area contributed by atoms with Crippen molar-refractivity contribution in [2.24, 2.45) is 4.99 Å². The Morgan fingerprint density at radius 2 is 1.85 bits per heavy atom. The number of fused-ring (bicyclic) bond motifs is 1. The molecule has 0 radical (unpaired) electrons. The first-order chi connectivity index (χ1) is 16.4. The lowest BCUT2D eigenvalue weighted by Gasteiger charge is -2.37. The zero-order valence-corrected chi connectivity index (χ0v) is 20.9. The molecule has 1 fully saturated rings. The van der Waals surface area contributed by atoms with Crippen molar-refractivity contribution in [3.8, 4) is 0 Å². The van der Waals surface area contributed by atoms with Gasteiger partial charge < -0.3 is 14.7 Å². The smallest absolute Gasteiger partial charge is 0.146 e. The van der Waals surface area contributed by atoms with E-state index >= 15 is 0 Å². The van der Waals surface area contributed by atoms with Gasteiger partial charge in [0.25, 0.3) is 0 Å². The van der Waals surface area contributed by atoms with Crippen LogP contribution in [0.2, 0.25) is 0 Å². The molecule has 0 atom stereocenters. The van der Waals surface area contributed by atoms with Gasteiger partial charge in [-0.25, -0.2) is 4.99 Å². The van der Waals surface area contributed by atoms with Crippen LogP contribution in [-0.4, -0.2) is 64.8 Å². The number of benzene rings is 1. The number of allylic oxidation sites excluding steroid dienone is 1. The van der Waals surface area contributed by atoms with Crippen molar-refractivity contribution in [2.45, 2.75) is 40.3 Å². The summed E-state index contributed by atoms with van der Waals surface area (Å²) in [7, 11) is 1.71. The highest BCUT2D eigenvalue weighted by Crippen LogP contribution is 2.31. The molecule has 4 heterocycles. The molecule has 1 aromatic carbocycles. The minimum Gasteiger partial charge on any atom is -0.494 e. The molecule has 0 bridgehead atoms. The second kappa shape index (κ2) is 9.28. The largest absolute Gasteiger partial charge is 0.494 e. The van der Waals surface area contributed by atoms with Crippen LogP contribution in [0, 0.1) is 13.8 Å². The number of hydrogen-bond donors (Lipinski definition) is 2. The first-order valence-corrected chi connectivity index (χ1v) is 12.2. The summed E-state index contributed by atoms with van der Waals surface area (Å²) in [5, 5.41) is 1.27. The fourth-order valence-electron chi connectivity index (χ4n) is 5.09. The van der Waals surface area contributed by atoms with Crippen LogP contribution in [0.15, 0.2) is 52.9 Å². The Labute approximate surface area is 202 Å². The molecule has 5 rings (SSSR count). The molecule has 34 heavy (non-hydrogen) atoms. The highest BCUT2D eigenvalue weighted by atomic mass is 16.5. The maximum Gasteiger partial charge on any atom is 0.146 e. The molecule has 6 nitrogen and oxygen atoms in total. The number of aliphatic imine (C=N–C) groups is 1. The maximum absolute atomic E-state index is 5.73. The maximum atomic E-state index is 5.73. The Kier molecular flexibility index (Phi) is 6.19. The highest BCUT2D eigenvalue weighted by Gasteiger charge is 2.25. The molecule has 3 aromatic rings. The summed E-state index contributed by atoms with van der Waals surface area (Å²) in [6.07, 6.45) is 4.14. The summed E-state index contributed by atoms with van der Waals surface area (Å²) in [6, 6.07) is 11.3. The lowest BCUT2D eigenvalue weighted by Crippen LogP contribution is -2.48. The first kappa shape index (κ1) is 22.7. The van der Waals surface area contributed by atoms with Gasteiger partial charge in [-0.1, -0.05) is 18.2 Å². The van der Waals surface area contributed by atoms with Crippen molar-refractivity contribution in [2.75, 3.05) is 33.3 Å². The monoisotopic (exact) mass is 457 g/mol. The molecule has 0 amide bonds. The Hall–Kier alpha value is -3.09. The Morgan fingerprint density at radius 3 is 2.53 bits per heavy atom. The van der Waals surface area contributed by atoms with Crippen LogP contribution in [0.25, 0.3) is 17.0 Å². The van der Waals surface area contributed by atoms with Crippen LogP contribution in [0.3, 0.4) is 0 Å². The van der Waals surface area contributed by atoms with Gasteiger partial charge in [-0.15, -0.1) is 0 Å². The van der Waals surface area contributed by atoms with E-state index in [1.54, 1.807) is 7.11 Å². The quantitative estimate of drug-likeness (QED) is 0.547. The Balaban J connectivity index is 1.50. The zero-order valence-electron chi connectivity index (χ0n) is 20.9. The van der Waals surface area contributed by atoms with Gasteiger partial charge in [-0.05, 0) is 51.5 Å². The topological polar surface area (TPSA) is 59.6 Å². The molecule has 6 heteroatoms. The first-order valence-electron chi connectivity index (χ1n) is 12.2. The van der Waals surface area contributed by atoms with Gasteiger partial charge in [-0.2, -0.15) is 0 Å².